The van der Waals surface area contributed by atoms with Gasteiger partial charge in [0.2, 0.25) is 5.91 Å². The minimum absolute atomic E-state index is 0.0965. The molecule has 0 aromatic heterocycles. The maximum absolute atomic E-state index is 12.6. The van der Waals surface area contributed by atoms with Gasteiger partial charge in [0.1, 0.15) is 0 Å². The summed E-state index contributed by atoms with van der Waals surface area (Å²) < 4.78 is 0. The summed E-state index contributed by atoms with van der Waals surface area (Å²) in [6, 6.07) is 19.0. The number of anilines is 1. The minimum atomic E-state index is -0.419. The first-order chi connectivity index (χ1) is 13.5. The number of amides is 2. The third-order valence-electron chi connectivity index (χ3n) is 4.53. The van der Waals surface area contributed by atoms with Crippen molar-refractivity contribution in [1.29, 1.82) is 0 Å². The second-order valence-corrected chi connectivity index (χ2v) is 6.81. The summed E-state index contributed by atoms with van der Waals surface area (Å²) in [5, 5.41) is 5.81. The maximum atomic E-state index is 12.6. The molecule has 0 atom stereocenters. The number of hydrogen-bond donors (Lipinski definition) is 2. The van der Waals surface area contributed by atoms with Gasteiger partial charge in [-0.3, -0.25) is 14.4 Å². The van der Waals surface area contributed by atoms with Crippen LogP contribution in [0.3, 0.4) is 0 Å². The van der Waals surface area contributed by atoms with Crippen molar-refractivity contribution in [2.24, 2.45) is 0 Å². The van der Waals surface area contributed by atoms with Gasteiger partial charge >= 0.3 is 0 Å². The van der Waals surface area contributed by atoms with Crippen LogP contribution in [0.25, 0.3) is 11.1 Å². The Balaban J connectivity index is 1.43. The molecule has 2 amide bonds. The summed E-state index contributed by atoms with van der Waals surface area (Å²) >= 11 is 5.81. The zero-order chi connectivity index (χ0) is 19.7. The van der Waals surface area contributed by atoms with Crippen LogP contribution in [0.2, 0.25) is 5.02 Å². The van der Waals surface area contributed by atoms with Crippen LogP contribution in [0, 0.1) is 0 Å². The minimum Gasteiger partial charge on any atom is -0.343 e. The van der Waals surface area contributed by atoms with E-state index >= 15 is 0 Å². The Morgan fingerprint density at radius 1 is 0.821 bits per heavy atom. The number of halogens is 1. The van der Waals surface area contributed by atoms with E-state index in [0.29, 0.717) is 27.4 Å². The summed E-state index contributed by atoms with van der Waals surface area (Å²) in [6.07, 6.45) is 0. The van der Waals surface area contributed by atoms with Crippen LogP contribution in [-0.4, -0.2) is 24.1 Å². The van der Waals surface area contributed by atoms with Crippen LogP contribution in [0.5, 0.6) is 0 Å². The van der Waals surface area contributed by atoms with E-state index in [-0.39, 0.29) is 18.2 Å². The molecule has 1 aliphatic rings. The Morgan fingerprint density at radius 2 is 1.50 bits per heavy atom. The van der Waals surface area contributed by atoms with Gasteiger partial charge in [-0.25, -0.2) is 0 Å². The number of hydrogen-bond acceptors (Lipinski definition) is 3. The third kappa shape index (κ3) is 3.40. The van der Waals surface area contributed by atoms with Crippen molar-refractivity contribution in [3.63, 3.8) is 0 Å². The van der Waals surface area contributed by atoms with E-state index in [2.05, 4.69) is 10.6 Å². The number of benzene rings is 3. The van der Waals surface area contributed by atoms with E-state index in [1.165, 1.54) is 0 Å². The van der Waals surface area contributed by atoms with Gasteiger partial charge in [0.25, 0.3) is 5.91 Å². The van der Waals surface area contributed by atoms with Crippen LogP contribution in [-0.2, 0) is 4.79 Å². The van der Waals surface area contributed by atoms with Crippen LogP contribution < -0.4 is 10.6 Å². The van der Waals surface area contributed by atoms with E-state index in [0.717, 1.165) is 11.1 Å². The summed E-state index contributed by atoms with van der Waals surface area (Å²) in [5.41, 5.74) is 3.75. The zero-order valence-electron chi connectivity index (χ0n) is 14.7. The first-order valence-electron chi connectivity index (χ1n) is 8.65. The molecule has 0 fully saturated rings. The molecular formula is C22H15ClN2O3. The van der Waals surface area contributed by atoms with Crippen molar-refractivity contribution in [2.75, 3.05) is 11.9 Å². The van der Waals surface area contributed by atoms with Gasteiger partial charge < -0.3 is 10.6 Å². The van der Waals surface area contributed by atoms with Crippen LogP contribution in [0.4, 0.5) is 5.69 Å². The molecule has 0 heterocycles. The highest BCUT2D eigenvalue weighted by molar-refractivity contribution is 6.30. The quantitative estimate of drug-likeness (QED) is 0.554. The molecule has 3 aromatic rings. The summed E-state index contributed by atoms with van der Waals surface area (Å²) in [6.45, 7) is -0.188. The lowest BCUT2D eigenvalue weighted by Gasteiger charge is -2.08. The molecule has 4 rings (SSSR count). The largest absolute Gasteiger partial charge is 0.343 e. The molecule has 1 aliphatic carbocycles. The Labute approximate surface area is 166 Å². The number of ketones is 1. The third-order valence-corrected chi connectivity index (χ3v) is 4.78. The van der Waals surface area contributed by atoms with Gasteiger partial charge in [-0.15, -0.1) is 0 Å². The van der Waals surface area contributed by atoms with Gasteiger partial charge in [-0.2, -0.15) is 0 Å². The number of carbonyl (C=O) groups excluding carboxylic acids is 3. The summed E-state index contributed by atoms with van der Waals surface area (Å²) in [5.74, 6) is -0.876. The fourth-order valence-corrected chi connectivity index (χ4v) is 3.30. The van der Waals surface area contributed by atoms with Gasteiger partial charge in [-0.1, -0.05) is 41.9 Å². The molecule has 0 saturated carbocycles. The lowest BCUT2D eigenvalue weighted by Crippen LogP contribution is -2.32. The van der Waals surface area contributed by atoms with Gasteiger partial charge in [0, 0.05) is 27.4 Å². The normalized spacial score (nSPS) is 11.5. The predicted octanol–water partition coefficient (Wildman–Crippen LogP) is 3.92. The number of rotatable bonds is 4. The van der Waals surface area contributed by atoms with Crippen molar-refractivity contribution in [3.05, 3.63) is 88.4 Å². The molecule has 0 spiro atoms. The lowest BCUT2D eigenvalue weighted by atomic mass is 10.0. The topological polar surface area (TPSA) is 75.3 Å². The van der Waals surface area contributed by atoms with E-state index in [9.17, 15) is 14.4 Å². The second-order valence-electron chi connectivity index (χ2n) is 6.37. The second kappa shape index (κ2) is 7.29. The van der Waals surface area contributed by atoms with Crippen molar-refractivity contribution < 1.29 is 14.4 Å². The number of carbonyl (C=O) groups is 3. The van der Waals surface area contributed by atoms with Gasteiger partial charge in [0.15, 0.2) is 5.78 Å². The highest BCUT2D eigenvalue weighted by Crippen LogP contribution is 2.36. The molecule has 3 aromatic carbocycles. The smallest absolute Gasteiger partial charge is 0.251 e. The van der Waals surface area contributed by atoms with E-state index in [1.807, 2.05) is 18.2 Å². The Bertz CT molecular complexity index is 1110. The van der Waals surface area contributed by atoms with Crippen molar-refractivity contribution in [2.45, 2.75) is 0 Å². The average molecular weight is 391 g/mol. The Hall–Kier alpha value is -3.44. The van der Waals surface area contributed by atoms with Gasteiger partial charge in [-0.05, 0) is 47.5 Å². The van der Waals surface area contributed by atoms with Crippen molar-refractivity contribution in [1.82, 2.24) is 5.32 Å². The van der Waals surface area contributed by atoms with Crippen LogP contribution in [0.1, 0.15) is 26.3 Å². The van der Waals surface area contributed by atoms with Gasteiger partial charge in [0.05, 0.1) is 6.54 Å². The Morgan fingerprint density at radius 3 is 2.25 bits per heavy atom. The first-order valence-corrected chi connectivity index (χ1v) is 9.02. The molecule has 5 nitrogen and oxygen atoms in total. The SMILES string of the molecule is O=C(CNC(=O)c1ccc2c(c1)C(=O)c1ccccc1-2)Nc1ccc(Cl)cc1. The summed E-state index contributed by atoms with van der Waals surface area (Å²) in [4.78, 5) is 37.0. The molecule has 6 heteroatoms. The van der Waals surface area contributed by atoms with Crippen molar-refractivity contribution >= 4 is 34.9 Å². The zero-order valence-corrected chi connectivity index (χ0v) is 15.4. The first kappa shape index (κ1) is 17.9. The number of nitrogens with one attached hydrogen (secondary N) is 2. The number of fused-ring (bicyclic) bond motifs is 3. The van der Waals surface area contributed by atoms with E-state index in [1.54, 1.807) is 48.5 Å². The van der Waals surface area contributed by atoms with Crippen LogP contribution in [0.15, 0.2) is 66.7 Å². The highest BCUT2D eigenvalue weighted by Gasteiger charge is 2.27. The monoisotopic (exact) mass is 390 g/mol. The molecule has 0 saturated heterocycles. The molecule has 28 heavy (non-hydrogen) atoms. The molecule has 0 aliphatic heterocycles. The molecule has 2 N–H and O–H groups in total. The van der Waals surface area contributed by atoms with Crippen molar-refractivity contribution in [3.8, 4) is 11.1 Å². The van der Waals surface area contributed by atoms with E-state index < -0.39 is 5.91 Å². The molecule has 0 unspecified atom stereocenters. The summed E-state index contributed by atoms with van der Waals surface area (Å²) in [7, 11) is 0. The fourth-order valence-electron chi connectivity index (χ4n) is 3.17. The van der Waals surface area contributed by atoms with Crippen LogP contribution >= 0.6 is 11.6 Å². The molecule has 138 valence electrons. The standard InChI is InChI=1S/C22H15ClN2O3/c23-14-6-8-15(9-7-14)25-20(26)12-24-22(28)13-5-10-17-16-3-1-2-4-18(16)21(27)19(17)11-13/h1-11H,12H2,(H,24,28)(H,25,26). The average Bonchev–Trinajstić information content (AvgIpc) is 3.00. The predicted molar refractivity (Wildman–Crippen MR) is 108 cm³/mol. The Kier molecular flexibility index (Phi) is 4.67. The maximum Gasteiger partial charge on any atom is 0.251 e. The lowest BCUT2D eigenvalue weighted by molar-refractivity contribution is -0.115. The molecule has 0 bridgehead atoms. The molecule has 0 radical (unpaired) electrons. The highest BCUT2D eigenvalue weighted by atomic mass is 35.5. The van der Waals surface area contributed by atoms with E-state index in [4.69, 9.17) is 11.6 Å². The fraction of sp³-hybridized carbons (Fsp3) is 0.0455. The molecular weight excluding hydrogens is 376 g/mol.